The molecular formula is C19H17ClN6O2S. The molecule has 148 valence electrons. The molecule has 0 spiro atoms. The fourth-order valence-electron chi connectivity index (χ4n) is 3.62. The van der Waals surface area contributed by atoms with Crippen LogP contribution in [0.2, 0.25) is 5.02 Å². The minimum absolute atomic E-state index is 0.111. The minimum atomic E-state index is -0.351. The van der Waals surface area contributed by atoms with E-state index in [9.17, 15) is 9.59 Å². The van der Waals surface area contributed by atoms with Crippen molar-refractivity contribution in [1.29, 1.82) is 0 Å². The zero-order chi connectivity index (χ0) is 20.0. The van der Waals surface area contributed by atoms with Crippen LogP contribution >= 0.6 is 22.9 Å². The number of carbonyl (C=O) groups is 2. The lowest BCUT2D eigenvalue weighted by molar-refractivity contribution is 0.0682. The first-order valence-electron chi connectivity index (χ1n) is 9.32. The van der Waals surface area contributed by atoms with Crippen LogP contribution in [0.1, 0.15) is 50.9 Å². The van der Waals surface area contributed by atoms with E-state index in [1.54, 1.807) is 15.1 Å². The lowest BCUT2D eigenvalue weighted by Gasteiger charge is -2.28. The molecule has 8 nitrogen and oxygen atoms in total. The van der Waals surface area contributed by atoms with Crippen LogP contribution in [-0.2, 0) is 13.1 Å². The predicted molar refractivity (Wildman–Crippen MR) is 108 cm³/mol. The highest BCUT2D eigenvalue weighted by atomic mass is 35.5. The van der Waals surface area contributed by atoms with Crippen LogP contribution in [0.4, 0.5) is 5.13 Å². The van der Waals surface area contributed by atoms with Gasteiger partial charge < -0.3 is 4.90 Å². The molecule has 3 aromatic rings. The molecule has 1 fully saturated rings. The molecule has 2 aliphatic rings. The largest absolute Gasteiger partial charge is 0.331 e. The van der Waals surface area contributed by atoms with Crippen molar-refractivity contribution in [3.8, 4) is 0 Å². The number of anilines is 1. The highest BCUT2D eigenvalue weighted by Gasteiger charge is 2.40. The van der Waals surface area contributed by atoms with Gasteiger partial charge in [0.2, 0.25) is 5.13 Å². The maximum absolute atomic E-state index is 13.3. The van der Waals surface area contributed by atoms with Gasteiger partial charge in [-0.05, 0) is 30.4 Å². The summed E-state index contributed by atoms with van der Waals surface area (Å²) >= 11 is 7.52. The van der Waals surface area contributed by atoms with Gasteiger partial charge in [0.05, 0.1) is 6.54 Å². The first-order valence-corrected chi connectivity index (χ1v) is 10.6. The van der Waals surface area contributed by atoms with Crippen LogP contribution in [0.15, 0.2) is 29.8 Å². The average Bonchev–Trinajstić information content (AvgIpc) is 3.27. The van der Waals surface area contributed by atoms with Crippen molar-refractivity contribution in [2.75, 3.05) is 11.9 Å². The molecule has 1 aromatic carbocycles. The number of amides is 2. The maximum atomic E-state index is 13.3. The zero-order valence-corrected chi connectivity index (χ0v) is 16.9. The van der Waals surface area contributed by atoms with E-state index in [1.165, 1.54) is 11.3 Å². The second-order valence-corrected chi connectivity index (χ2v) is 8.36. The van der Waals surface area contributed by atoms with Crippen molar-refractivity contribution < 1.29 is 9.59 Å². The Morgan fingerprint density at radius 2 is 2.10 bits per heavy atom. The number of fused-ring (bicyclic) bond motifs is 1. The monoisotopic (exact) mass is 428 g/mol. The standard InChI is InChI=1S/C19H17ClN6O2S/c20-13-4-2-1-3-12(13)9-25-7-8-26-16(18(25)28)14(11-5-6-11)15(24-26)17(27)22-19-23-21-10-29-19/h1-4,10-11H,5-9H2,(H,22,23,27). The van der Waals surface area contributed by atoms with E-state index in [-0.39, 0.29) is 17.7 Å². The van der Waals surface area contributed by atoms with Gasteiger partial charge in [-0.25, -0.2) is 0 Å². The number of nitrogens with one attached hydrogen (secondary N) is 1. The quantitative estimate of drug-likeness (QED) is 0.673. The van der Waals surface area contributed by atoms with Crippen LogP contribution in [0, 0.1) is 0 Å². The average molecular weight is 429 g/mol. The van der Waals surface area contributed by atoms with Gasteiger partial charge in [0.1, 0.15) is 11.2 Å². The Labute approximate surface area is 175 Å². The van der Waals surface area contributed by atoms with Gasteiger partial charge in [0.15, 0.2) is 5.69 Å². The number of aromatic nitrogens is 4. The second kappa shape index (κ2) is 7.23. The molecule has 1 N–H and O–H groups in total. The number of hydrogen-bond acceptors (Lipinski definition) is 6. The summed E-state index contributed by atoms with van der Waals surface area (Å²) in [5.74, 6) is -0.269. The molecule has 3 heterocycles. The summed E-state index contributed by atoms with van der Waals surface area (Å²) in [6.45, 7) is 1.48. The Hall–Kier alpha value is -2.78. The van der Waals surface area contributed by atoms with Gasteiger partial charge in [0, 0.05) is 23.7 Å². The van der Waals surface area contributed by atoms with E-state index in [1.807, 2.05) is 24.3 Å². The molecule has 5 rings (SSSR count). The maximum Gasteiger partial charge on any atom is 0.278 e. The number of rotatable bonds is 5. The second-order valence-electron chi connectivity index (χ2n) is 7.12. The third kappa shape index (κ3) is 3.40. The topological polar surface area (TPSA) is 93.0 Å². The molecule has 1 aliphatic heterocycles. The Morgan fingerprint density at radius 1 is 1.28 bits per heavy atom. The highest BCUT2D eigenvalue weighted by molar-refractivity contribution is 7.13. The number of halogens is 1. The van der Waals surface area contributed by atoms with E-state index < -0.39 is 0 Å². The summed E-state index contributed by atoms with van der Waals surface area (Å²) in [6, 6.07) is 7.52. The summed E-state index contributed by atoms with van der Waals surface area (Å²) in [5.41, 5.74) is 4.03. The molecule has 0 saturated heterocycles. The number of benzene rings is 1. The lowest BCUT2D eigenvalue weighted by Crippen LogP contribution is -2.40. The molecule has 2 aromatic heterocycles. The molecule has 1 aliphatic carbocycles. The predicted octanol–water partition coefficient (Wildman–Crippen LogP) is 3.17. The van der Waals surface area contributed by atoms with Gasteiger partial charge in [-0.2, -0.15) is 5.10 Å². The lowest BCUT2D eigenvalue weighted by atomic mass is 10.0. The minimum Gasteiger partial charge on any atom is -0.331 e. The molecule has 0 bridgehead atoms. The van der Waals surface area contributed by atoms with Crippen LogP contribution in [0.5, 0.6) is 0 Å². The van der Waals surface area contributed by atoms with Gasteiger partial charge in [0.25, 0.3) is 11.8 Å². The SMILES string of the molecule is O=C(Nc1nncs1)c1nn2c(c1C1CC1)C(=O)N(Cc1ccccc1Cl)CC2. The van der Waals surface area contributed by atoms with Gasteiger partial charge in [-0.1, -0.05) is 41.1 Å². The molecule has 0 unspecified atom stereocenters. The molecule has 10 heteroatoms. The van der Waals surface area contributed by atoms with Crippen molar-refractivity contribution in [1.82, 2.24) is 24.9 Å². The summed E-state index contributed by atoms with van der Waals surface area (Å²) in [4.78, 5) is 27.9. The Morgan fingerprint density at radius 3 is 2.83 bits per heavy atom. The summed E-state index contributed by atoms with van der Waals surface area (Å²) in [5, 5.41) is 15.8. The van der Waals surface area contributed by atoms with Gasteiger partial charge in [-0.15, -0.1) is 10.2 Å². The number of hydrogen-bond donors (Lipinski definition) is 1. The third-order valence-corrected chi connectivity index (χ3v) is 6.14. The first kappa shape index (κ1) is 18.3. The number of nitrogens with zero attached hydrogens (tertiary/aromatic N) is 5. The van der Waals surface area contributed by atoms with Crippen LogP contribution < -0.4 is 5.32 Å². The van der Waals surface area contributed by atoms with E-state index in [0.29, 0.717) is 41.2 Å². The zero-order valence-electron chi connectivity index (χ0n) is 15.3. The first-order chi connectivity index (χ1) is 14.1. The van der Waals surface area contributed by atoms with E-state index >= 15 is 0 Å². The van der Waals surface area contributed by atoms with E-state index in [0.717, 1.165) is 24.0 Å². The van der Waals surface area contributed by atoms with Crippen LogP contribution in [-0.4, -0.2) is 43.2 Å². The Kier molecular flexibility index (Phi) is 4.56. The normalized spacial score (nSPS) is 16.0. The summed E-state index contributed by atoms with van der Waals surface area (Å²) in [6.07, 6.45) is 1.91. The van der Waals surface area contributed by atoms with Crippen molar-refractivity contribution >= 4 is 39.9 Å². The highest BCUT2D eigenvalue weighted by Crippen LogP contribution is 2.44. The molecule has 1 saturated carbocycles. The fraction of sp³-hybridized carbons (Fsp3) is 0.316. The van der Waals surface area contributed by atoms with Crippen molar-refractivity contribution in [2.24, 2.45) is 0 Å². The molecule has 29 heavy (non-hydrogen) atoms. The summed E-state index contributed by atoms with van der Waals surface area (Å²) < 4.78 is 1.67. The molecular weight excluding hydrogens is 412 g/mol. The van der Waals surface area contributed by atoms with Gasteiger partial charge in [-0.3, -0.25) is 19.6 Å². The third-order valence-electron chi connectivity index (χ3n) is 5.16. The van der Waals surface area contributed by atoms with Crippen molar-refractivity contribution in [3.63, 3.8) is 0 Å². The van der Waals surface area contributed by atoms with E-state index in [2.05, 4.69) is 20.6 Å². The Balaban J connectivity index is 1.46. The smallest absolute Gasteiger partial charge is 0.278 e. The van der Waals surface area contributed by atoms with Crippen LogP contribution in [0.25, 0.3) is 0 Å². The summed E-state index contributed by atoms with van der Waals surface area (Å²) in [7, 11) is 0. The van der Waals surface area contributed by atoms with Crippen molar-refractivity contribution in [3.05, 3.63) is 57.3 Å². The molecule has 0 radical (unpaired) electrons. The van der Waals surface area contributed by atoms with E-state index in [4.69, 9.17) is 11.6 Å². The number of carbonyl (C=O) groups excluding carboxylic acids is 2. The Bertz CT molecular complexity index is 1090. The molecule has 2 amide bonds. The van der Waals surface area contributed by atoms with Crippen LogP contribution in [0.3, 0.4) is 0 Å². The molecule has 0 atom stereocenters. The van der Waals surface area contributed by atoms with Gasteiger partial charge >= 0.3 is 0 Å². The fourth-order valence-corrected chi connectivity index (χ4v) is 4.26. The van der Waals surface area contributed by atoms with Crippen molar-refractivity contribution in [2.45, 2.75) is 31.8 Å².